The summed E-state index contributed by atoms with van der Waals surface area (Å²) in [6.45, 7) is 5.07. The number of benzene rings is 2. The zero-order valence-corrected chi connectivity index (χ0v) is 20.5. The average Bonchev–Trinajstić information content (AvgIpc) is 3.30. The summed E-state index contributed by atoms with van der Waals surface area (Å²) in [7, 11) is 3.29. The summed E-state index contributed by atoms with van der Waals surface area (Å²) < 4.78 is 24.0. The average molecular weight is 495 g/mol. The first kappa shape index (κ1) is 23.5. The number of aromatic nitrogens is 2. The van der Waals surface area contributed by atoms with Gasteiger partial charge < -0.3 is 14.5 Å². The van der Waals surface area contributed by atoms with E-state index in [0.29, 0.717) is 22.6 Å². The van der Waals surface area contributed by atoms with Crippen LogP contribution in [0.2, 0.25) is 0 Å². The van der Waals surface area contributed by atoms with Crippen molar-refractivity contribution in [2.75, 3.05) is 40.4 Å². The number of halogens is 1. The lowest BCUT2D eigenvalue weighted by molar-refractivity contribution is 0.120. The summed E-state index contributed by atoms with van der Waals surface area (Å²) in [6, 6.07) is 12.2. The second-order valence-corrected chi connectivity index (χ2v) is 9.45. The van der Waals surface area contributed by atoms with Gasteiger partial charge in [0, 0.05) is 43.7 Å². The molecule has 4 aromatic rings. The summed E-state index contributed by atoms with van der Waals surface area (Å²) in [6.07, 6.45) is 0. The third-order valence-electron chi connectivity index (χ3n) is 6.34. The first-order valence-corrected chi connectivity index (χ1v) is 12.3. The molecule has 0 unspecified atom stereocenters. The zero-order valence-electron chi connectivity index (χ0n) is 19.7. The minimum Gasteiger partial charge on any atom is -0.493 e. The Morgan fingerprint density at radius 2 is 1.66 bits per heavy atom. The van der Waals surface area contributed by atoms with Crippen molar-refractivity contribution in [1.29, 1.82) is 0 Å². The molecule has 1 saturated heterocycles. The first-order chi connectivity index (χ1) is 17.0. The van der Waals surface area contributed by atoms with Gasteiger partial charge in [0.25, 0.3) is 5.56 Å². The van der Waals surface area contributed by atoms with Crippen LogP contribution in [0.5, 0.6) is 11.5 Å². The molecular weight excluding hydrogens is 467 g/mol. The molecule has 5 rings (SSSR count). The summed E-state index contributed by atoms with van der Waals surface area (Å²) in [5.41, 5.74) is 2.62. The fourth-order valence-electron chi connectivity index (χ4n) is 4.46. The lowest BCUT2D eigenvalue weighted by Crippen LogP contribution is -2.45. The van der Waals surface area contributed by atoms with Crippen LogP contribution in [-0.4, -0.2) is 60.2 Å². The van der Waals surface area contributed by atoms with Gasteiger partial charge in [0.05, 0.1) is 26.2 Å². The van der Waals surface area contributed by atoms with Crippen LogP contribution in [0, 0.1) is 5.82 Å². The number of nitrogens with one attached hydrogen (secondary N) is 1. The molecule has 0 aliphatic carbocycles. The highest BCUT2D eigenvalue weighted by molar-refractivity contribution is 7.17. The molecule has 0 saturated carbocycles. The molecule has 182 valence electrons. The van der Waals surface area contributed by atoms with E-state index in [-0.39, 0.29) is 11.4 Å². The fraction of sp³-hybridized carbons (Fsp3) is 0.308. The van der Waals surface area contributed by atoms with Crippen molar-refractivity contribution >= 4 is 21.6 Å². The second kappa shape index (κ2) is 10.2. The predicted octanol–water partition coefficient (Wildman–Crippen LogP) is 4.13. The second-order valence-electron chi connectivity index (χ2n) is 8.59. The lowest BCUT2D eigenvalue weighted by Gasteiger charge is -2.34. The van der Waals surface area contributed by atoms with E-state index >= 15 is 0 Å². The van der Waals surface area contributed by atoms with Crippen molar-refractivity contribution in [1.82, 2.24) is 19.8 Å². The van der Waals surface area contributed by atoms with Gasteiger partial charge in [0.2, 0.25) is 0 Å². The molecule has 2 aromatic heterocycles. The highest BCUT2D eigenvalue weighted by Gasteiger charge is 2.20. The molecular formula is C26H27FN4O3S. The van der Waals surface area contributed by atoms with Crippen molar-refractivity contribution < 1.29 is 13.9 Å². The van der Waals surface area contributed by atoms with Crippen molar-refractivity contribution in [2.45, 2.75) is 13.1 Å². The smallest absolute Gasteiger partial charge is 0.260 e. The Labute approximate surface area is 206 Å². The number of fused-ring (bicyclic) bond motifs is 1. The monoisotopic (exact) mass is 494 g/mol. The van der Waals surface area contributed by atoms with Crippen LogP contribution >= 0.6 is 11.3 Å². The molecule has 1 aliphatic heterocycles. The highest BCUT2D eigenvalue weighted by atomic mass is 32.1. The third-order valence-corrected chi connectivity index (χ3v) is 7.21. The molecule has 9 heteroatoms. The molecule has 3 heterocycles. The van der Waals surface area contributed by atoms with Crippen molar-refractivity contribution in [2.24, 2.45) is 0 Å². The lowest BCUT2D eigenvalue weighted by atomic mass is 10.1. The Bertz CT molecular complexity index is 1380. The standard InChI is InChI=1S/C26H27FN4O3S/c1-33-21-8-3-17(13-22(21)34-2)14-30-9-11-31(12-10-30)15-23-28-25(32)24-20(16-35-26(24)29-23)18-4-6-19(27)7-5-18/h3-8,13,16H,9-12,14-15H2,1-2H3,(H,28,29,32). The van der Waals surface area contributed by atoms with Gasteiger partial charge in [-0.1, -0.05) is 18.2 Å². The number of piperazine rings is 1. The van der Waals surface area contributed by atoms with Crippen LogP contribution < -0.4 is 15.0 Å². The fourth-order valence-corrected chi connectivity index (χ4v) is 5.43. The van der Waals surface area contributed by atoms with Gasteiger partial charge in [-0.05, 0) is 35.4 Å². The number of rotatable bonds is 7. The quantitative estimate of drug-likeness (QED) is 0.417. The Morgan fingerprint density at radius 1 is 0.971 bits per heavy atom. The molecule has 2 aromatic carbocycles. The minimum atomic E-state index is -0.300. The molecule has 0 atom stereocenters. The number of ether oxygens (including phenoxy) is 2. The largest absolute Gasteiger partial charge is 0.493 e. The van der Waals surface area contributed by atoms with Crippen molar-refractivity contribution in [3.63, 3.8) is 0 Å². The van der Waals surface area contributed by atoms with Crippen LogP contribution in [-0.2, 0) is 13.1 Å². The topological polar surface area (TPSA) is 70.7 Å². The normalized spacial score (nSPS) is 14.9. The van der Waals surface area contributed by atoms with E-state index in [2.05, 4.69) is 20.9 Å². The summed E-state index contributed by atoms with van der Waals surface area (Å²) >= 11 is 1.44. The van der Waals surface area contributed by atoms with E-state index in [1.165, 1.54) is 29.0 Å². The Kier molecular flexibility index (Phi) is 6.81. The highest BCUT2D eigenvalue weighted by Crippen LogP contribution is 2.31. The Morgan fingerprint density at radius 3 is 2.34 bits per heavy atom. The molecule has 0 bridgehead atoms. The number of aromatic amines is 1. The van der Waals surface area contributed by atoms with E-state index in [1.54, 1.807) is 26.4 Å². The molecule has 1 N–H and O–H groups in total. The summed E-state index contributed by atoms with van der Waals surface area (Å²) in [4.78, 5) is 26.0. The van der Waals surface area contributed by atoms with Crippen LogP contribution in [0.15, 0.2) is 52.6 Å². The predicted molar refractivity (Wildman–Crippen MR) is 136 cm³/mol. The van der Waals surface area contributed by atoms with Crippen LogP contribution in [0.3, 0.4) is 0 Å². The minimum absolute atomic E-state index is 0.155. The van der Waals surface area contributed by atoms with E-state index in [9.17, 15) is 9.18 Å². The third kappa shape index (κ3) is 5.07. The van der Waals surface area contributed by atoms with E-state index < -0.39 is 0 Å². The Hall–Kier alpha value is -3.27. The molecule has 0 spiro atoms. The van der Waals surface area contributed by atoms with Gasteiger partial charge >= 0.3 is 0 Å². The molecule has 7 nitrogen and oxygen atoms in total. The molecule has 35 heavy (non-hydrogen) atoms. The molecule has 1 fully saturated rings. The maximum Gasteiger partial charge on any atom is 0.260 e. The number of hydrogen-bond acceptors (Lipinski definition) is 7. The number of hydrogen-bond donors (Lipinski definition) is 1. The van der Waals surface area contributed by atoms with Gasteiger partial charge in [-0.15, -0.1) is 11.3 Å². The maximum atomic E-state index is 13.3. The SMILES string of the molecule is COc1ccc(CN2CCN(Cc3nc4scc(-c5ccc(F)cc5)c4c(=O)[nH]3)CC2)cc1OC. The number of nitrogens with zero attached hydrogens (tertiary/aromatic N) is 3. The van der Waals surface area contributed by atoms with Crippen molar-refractivity contribution in [3.8, 4) is 22.6 Å². The van der Waals surface area contributed by atoms with Crippen LogP contribution in [0.4, 0.5) is 4.39 Å². The van der Waals surface area contributed by atoms with Gasteiger partial charge in [0.1, 0.15) is 16.5 Å². The van der Waals surface area contributed by atoms with Gasteiger partial charge in [-0.3, -0.25) is 14.6 Å². The zero-order chi connectivity index (χ0) is 24.4. The Balaban J connectivity index is 1.23. The number of methoxy groups -OCH3 is 2. The summed E-state index contributed by atoms with van der Waals surface area (Å²) in [5, 5.41) is 2.47. The van der Waals surface area contributed by atoms with Gasteiger partial charge in [0.15, 0.2) is 11.5 Å². The number of thiophene rings is 1. The molecule has 1 aliphatic rings. The van der Waals surface area contributed by atoms with Crippen molar-refractivity contribution in [3.05, 3.63) is 75.4 Å². The van der Waals surface area contributed by atoms with Gasteiger partial charge in [-0.25, -0.2) is 9.37 Å². The molecule has 0 radical (unpaired) electrons. The maximum absolute atomic E-state index is 13.3. The van der Waals surface area contributed by atoms with Crippen LogP contribution in [0.25, 0.3) is 21.3 Å². The van der Waals surface area contributed by atoms with E-state index in [4.69, 9.17) is 14.5 Å². The van der Waals surface area contributed by atoms with Gasteiger partial charge in [-0.2, -0.15) is 0 Å². The summed E-state index contributed by atoms with van der Waals surface area (Å²) in [5.74, 6) is 1.84. The number of H-pyrrole nitrogens is 1. The van der Waals surface area contributed by atoms with E-state index in [1.807, 2.05) is 17.5 Å². The van der Waals surface area contributed by atoms with Crippen LogP contribution in [0.1, 0.15) is 11.4 Å². The van der Waals surface area contributed by atoms with E-state index in [0.717, 1.165) is 55.3 Å². The first-order valence-electron chi connectivity index (χ1n) is 11.5. The molecule has 0 amide bonds.